The summed E-state index contributed by atoms with van der Waals surface area (Å²) in [7, 11) is 0. The zero-order chi connectivity index (χ0) is 11.2. The largest absolute Gasteiger partial charge is 0.369 e. The molecule has 0 amide bonds. The quantitative estimate of drug-likeness (QED) is 0.833. The maximum atomic E-state index is 5.53. The summed E-state index contributed by atoms with van der Waals surface area (Å²) in [6.45, 7) is 2.69. The van der Waals surface area contributed by atoms with E-state index in [2.05, 4.69) is 53.6 Å². The van der Waals surface area contributed by atoms with Gasteiger partial charge in [-0.05, 0) is 36.4 Å². The van der Waals surface area contributed by atoms with E-state index in [-0.39, 0.29) is 0 Å². The third-order valence-corrected chi connectivity index (χ3v) is 2.75. The van der Waals surface area contributed by atoms with Gasteiger partial charge in [-0.15, -0.1) is 0 Å². The molecular formula is C14H18N2. The van der Waals surface area contributed by atoms with Gasteiger partial charge in [0.05, 0.1) is 0 Å². The van der Waals surface area contributed by atoms with Gasteiger partial charge in [0.25, 0.3) is 0 Å². The van der Waals surface area contributed by atoms with Gasteiger partial charge in [0.1, 0.15) is 0 Å². The Morgan fingerprint density at radius 1 is 1.19 bits per heavy atom. The van der Waals surface area contributed by atoms with Crippen LogP contribution in [0.15, 0.2) is 54.3 Å². The first-order valence-electron chi connectivity index (χ1n) is 5.74. The lowest BCUT2D eigenvalue weighted by atomic mass is 10.1. The number of nitrogens with zero attached hydrogens (tertiary/aromatic N) is 1. The van der Waals surface area contributed by atoms with Crippen LogP contribution in [0.5, 0.6) is 0 Å². The Morgan fingerprint density at radius 2 is 2.00 bits per heavy atom. The molecule has 0 aliphatic carbocycles. The van der Waals surface area contributed by atoms with Crippen molar-refractivity contribution in [2.24, 2.45) is 5.73 Å². The lowest BCUT2D eigenvalue weighted by Crippen LogP contribution is -2.19. The van der Waals surface area contributed by atoms with Crippen LogP contribution in [-0.2, 0) is 6.54 Å². The molecule has 0 saturated heterocycles. The van der Waals surface area contributed by atoms with Crippen LogP contribution in [-0.4, -0.2) is 18.0 Å². The van der Waals surface area contributed by atoms with Crippen molar-refractivity contribution in [2.75, 3.05) is 13.1 Å². The van der Waals surface area contributed by atoms with Crippen LogP contribution in [0.3, 0.4) is 0 Å². The molecular weight excluding hydrogens is 196 g/mol. The Morgan fingerprint density at radius 3 is 2.62 bits per heavy atom. The molecule has 1 aromatic carbocycles. The summed E-state index contributed by atoms with van der Waals surface area (Å²) in [5.41, 5.74) is 8.23. The highest BCUT2D eigenvalue weighted by atomic mass is 15.1. The molecule has 0 radical (unpaired) electrons. The molecule has 0 bridgehead atoms. The molecule has 1 aliphatic rings. The van der Waals surface area contributed by atoms with Gasteiger partial charge in [0.2, 0.25) is 0 Å². The molecule has 1 heterocycles. The first-order chi connectivity index (χ1) is 7.88. The summed E-state index contributed by atoms with van der Waals surface area (Å²) in [6.07, 6.45) is 7.57. The Labute approximate surface area is 97.1 Å². The third kappa shape index (κ3) is 2.97. The lowest BCUT2D eigenvalue weighted by molar-refractivity contribution is 0.403. The minimum absolute atomic E-state index is 0.731. The van der Waals surface area contributed by atoms with E-state index in [9.17, 15) is 0 Å². The van der Waals surface area contributed by atoms with Crippen LogP contribution in [0.25, 0.3) is 0 Å². The zero-order valence-electron chi connectivity index (χ0n) is 9.47. The third-order valence-electron chi connectivity index (χ3n) is 2.75. The first-order valence-corrected chi connectivity index (χ1v) is 5.74. The van der Waals surface area contributed by atoms with Crippen LogP contribution in [0.2, 0.25) is 0 Å². The normalized spacial score (nSPS) is 15.1. The van der Waals surface area contributed by atoms with Gasteiger partial charge in [-0.3, -0.25) is 0 Å². The number of rotatable bonds is 4. The Kier molecular flexibility index (Phi) is 3.78. The fourth-order valence-electron chi connectivity index (χ4n) is 1.85. The fraction of sp³-hybridized carbons (Fsp3) is 0.286. The number of benzene rings is 1. The molecule has 0 fully saturated rings. The van der Waals surface area contributed by atoms with E-state index in [1.54, 1.807) is 0 Å². The highest BCUT2D eigenvalue weighted by Crippen LogP contribution is 2.12. The second-order valence-electron chi connectivity index (χ2n) is 4.05. The summed E-state index contributed by atoms with van der Waals surface area (Å²) in [5, 5.41) is 0. The van der Waals surface area contributed by atoms with Gasteiger partial charge in [-0.25, -0.2) is 0 Å². The summed E-state index contributed by atoms with van der Waals surface area (Å²) in [5.74, 6) is 0. The lowest BCUT2D eigenvalue weighted by Gasteiger charge is -2.22. The van der Waals surface area contributed by atoms with E-state index in [0.29, 0.717) is 0 Å². The second kappa shape index (κ2) is 5.52. The van der Waals surface area contributed by atoms with Crippen molar-refractivity contribution in [3.8, 4) is 0 Å². The molecule has 2 heteroatoms. The number of allylic oxidation sites excluding steroid dienone is 1. The van der Waals surface area contributed by atoms with Crippen molar-refractivity contribution in [1.29, 1.82) is 0 Å². The molecule has 0 aromatic heterocycles. The highest BCUT2D eigenvalue weighted by Gasteiger charge is 2.04. The van der Waals surface area contributed by atoms with Crippen molar-refractivity contribution in [3.63, 3.8) is 0 Å². The molecule has 1 aromatic rings. The van der Waals surface area contributed by atoms with Gasteiger partial charge in [0, 0.05) is 13.1 Å². The summed E-state index contributed by atoms with van der Waals surface area (Å²) < 4.78 is 0. The SMILES string of the molecule is NCCC1=CCN(Cc2ccccc2)C=C1. The van der Waals surface area contributed by atoms with Crippen LogP contribution in [0.1, 0.15) is 12.0 Å². The second-order valence-corrected chi connectivity index (χ2v) is 4.05. The van der Waals surface area contributed by atoms with Gasteiger partial charge in [0.15, 0.2) is 0 Å². The van der Waals surface area contributed by atoms with E-state index in [1.165, 1.54) is 11.1 Å². The van der Waals surface area contributed by atoms with E-state index in [1.807, 2.05) is 0 Å². The van der Waals surface area contributed by atoms with Gasteiger partial charge < -0.3 is 10.6 Å². The zero-order valence-corrected chi connectivity index (χ0v) is 9.47. The topological polar surface area (TPSA) is 29.3 Å². The maximum Gasteiger partial charge on any atom is 0.0427 e. The Hall–Kier alpha value is -1.54. The molecule has 16 heavy (non-hydrogen) atoms. The first kappa shape index (κ1) is 11.0. The molecule has 1 aliphatic heterocycles. The molecule has 2 nitrogen and oxygen atoms in total. The summed E-state index contributed by atoms with van der Waals surface area (Å²) in [6, 6.07) is 10.5. The van der Waals surface area contributed by atoms with Gasteiger partial charge in [-0.1, -0.05) is 36.4 Å². The Bertz CT molecular complexity index is 379. The van der Waals surface area contributed by atoms with Crippen LogP contribution >= 0.6 is 0 Å². The van der Waals surface area contributed by atoms with Crippen molar-refractivity contribution < 1.29 is 0 Å². The fourth-order valence-corrected chi connectivity index (χ4v) is 1.85. The minimum Gasteiger partial charge on any atom is -0.369 e. The number of nitrogens with two attached hydrogens (primary N) is 1. The monoisotopic (exact) mass is 214 g/mol. The van der Waals surface area contributed by atoms with E-state index >= 15 is 0 Å². The van der Waals surface area contributed by atoms with Gasteiger partial charge in [-0.2, -0.15) is 0 Å². The predicted molar refractivity (Wildman–Crippen MR) is 67.7 cm³/mol. The molecule has 0 unspecified atom stereocenters. The minimum atomic E-state index is 0.731. The van der Waals surface area contributed by atoms with Crippen molar-refractivity contribution >= 4 is 0 Å². The molecule has 2 N–H and O–H groups in total. The highest BCUT2D eigenvalue weighted by molar-refractivity contribution is 5.24. The number of hydrogen-bond donors (Lipinski definition) is 1. The summed E-state index contributed by atoms with van der Waals surface area (Å²) in [4.78, 5) is 2.30. The number of hydrogen-bond acceptors (Lipinski definition) is 2. The molecule has 2 rings (SSSR count). The predicted octanol–water partition coefficient (Wildman–Crippen LogP) is 2.29. The summed E-state index contributed by atoms with van der Waals surface area (Å²) >= 11 is 0. The van der Waals surface area contributed by atoms with Crippen LogP contribution in [0.4, 0.5) is 0 Å². The maximum absolute atomic E-state index is 5.53. The standard InChI is InChI=1S/C14H18N2/c15-9-6-13-7-10-16(11-8-13)12-14-4-2-1-3-5-14/h1-5,7-8,10H,6,9,11-12,15H2. The smallest absolute Gasteiger partial charge is 0.0427 e. The van der Waals surface area contributed by atoms with E-state index < -0.39 is 0 Å². The van der Waals surface area contributed by atoms with Crippen molar-refractivity contribution in [2.45, 2.75) is 13.0 Å². The van der Waals surface area contributed by atoms with E-state index in [0.717, 1.165) is 26.1 Å². The molecule has 0 atom stereocenters. The average Bonchev–Trinajstić information content (AvgIpc) is 2.33. The molecule has 0 spiro atoms. The van der Waals surface area contributed by atoms with Crippen molar-refractivity contribution in [1.82, 2.24) is 4.90 Å². The van der Waals surface area contributed by atoms with E-state index in [4.69, 9.17) is 5.73 Å². The van der Waals surface area contributed by atoms with Gasteiger partial charge >= 0.3 is 0 Å². The van der Waals surface area contributed by atoms with Crippen LogP contribution < -0.4 is 5.73 Å². The average molecular weight is 214 g/mol. The van der Waals surface area contributed by atoms with Crippen molar-refractivity contribution in [3.05, 3.63) is 59.8 Å². The Balaban J connectivity index is 1.89. The molecule has 84 valence electrons. The van der Waals surface area contributed by atoms with Crippen LogP contribution in [0, 0.1) is 0 Å². The molecule has 0 saturated carbocycles.